The van der Waals surface area contributed by atoms with Crippen molar-refractivity contribution in [3.05, 3.63) is 84.1 Å². The Balaban J connectivity index is 1.64. The van der Waals surface area contributed by atoms with Gasteiger partial charge >= 0.3 is 0 Å². The minimum Gasteiger partial charge on any atom is -0.497 e. The summed E-state index contributed by atoms with van der Waals surface area (Å²) in [7, 11) is 3.38. The van der Waals surface area contributed by atoms with Crippen LogP contribution in [0.2, 0.25) is 0 Å². The molecule has 0 spiro atoms. The Labute approximate surface area is 202 Å². The lowest BCUT2D eigenvalue weighted by molar-refractivity contribution is -0.0395. The predicted octanol–water partition coefficient (Wildman–Crippen LogP) is 5.39. The van der Waals surface area contributed by atoms with Crippen molar-refractivity contribution in [3.8, 4) is 5.75 Å². The molecule has 5 atom stereocenters. The maximum absolute atomic E-state index is 5.82. The van der Waals surface area contributed by atoms with Gasteiger partial charge in [-0.25, -0.2) is 0 Å². The van der Waals surface area contributed by atoms with E-state index >= 15 is 0 Å². The van der Waals surface area contributed by atoms with E-state index in [9.17, 15) is 0 Å². The first kappa shape index (κ1) is 23.0. The largest absolute Gasteiger partial charge is 0.497 e. The smallest absolute Gasteiger partial charge is 0.146 e. The summed E-state index contributed by atoms with van der Waals surface area (Å²) >= 11 is 0. The van der Waals surface area contributed by atoms with Crippen molar-refractivity contribution >= 4 is 10.9 Å². The number of aromatic nitrogens is 1. The molecule has 178 valence electrons. The second kappa shape index (κ2) is 10.3. The van der Waals surface area contributed by atoms with Gasteiger partial charge in [0.1, 0.15) is 12.5 Å². The van der Waals surface area contributed by atoms with Crippen molar-refractivity contribution in [2.45, 2.75) is 31.4 Å². The summed E-state index contributed by atoms with van der Waals surface area (Å²) in [5.41, 5.74) is 4.83. The number of hydrogen-bond donors (Lipinski definition) is 0. The third kappa shape index (κ3) is 4.36. The van der Waals surface area contributed by atoms with Crippen LogP contribution in [0.3, 0.4) is 0 Å². The fourth-order valence-electron chi connectivity index (χ4n) is 6.05. The first-order valence-electron chi connectivity index (χ1n) is 12.2. The van der Waals surface area contributed by atoms with Gasteiger partial charge in [-0.2, -0.15) is 0 Å². The van der Waals surface area contributed by atoms with Crippen LogP contribution in [-0.2, 0) is 16.1 Å². The molecule has 6 rings (SSSR count). The molecule has 34 heavy (non-hydrogen) atoms. The van der Waals surface area contributed by atoms with Crippen molar-refractivity contribution in [1.82, 2.24) is 9.88 Å². The van der Waals surface area contributed by atoms with Crippen LogP contribution in [0.4, 0.5) is 0 Å². The Morgan fingerprint density at radius 3 is 2.79 bits per heavy atom. The van der Waals surface area contributed by atoms with Crippen molar-refractivity contribution in [3.63, 3.8) is 0 Å². The van der Waals surface area contributed by atoms with Crippen LogP contribution >= 0.6 is 0 Å². The maximum Gasteiger partial charge on any atom is 0.146 e. The van der Waals surface area contributed by atoms with E-state index in [1.807, 2.05) is 12.3 Å². The van der Waals surface area contributed by atoms with E-state index in [4.69, 9.17) is 14.2 Å². The number of ether oxygens (including phenoxy) is 3. The highest BCUT2D eigenvalue weighted by Gasteiger charge is 2.43. The number of nitrogens with zero attached hydrogens (tertiary/aromatic N) is 2. The molecule has 2 aromatic carbocycles. The third-order valence-corrected chi connectivity index (χ3v) is 7.71. The van der Waals surface area contributed by atoms with Crippen molar-refractivity contribution in [2.24, 2.45) is 11.8 Å². The predicted molar refractivity (Wildman–Crippen MR) is 135 cm³/mol. The van der Waals surface area contributed by atoms with Gasteiger partial charge in [0.25, 0.3) is 0 Å². The van der Waals surface area contributed by atoms with Gasteiger partial charge in [-0.15, -0.1) is 6.58 Å². The van der Waals surface area contributed by atoms with E-state index in [2.05, 4.69) is 65.0 Å². The normalized spacial score (nSPS) is 24.8. The molecule has 3 aliphatic rings. The average Bonchev–Trinajstić information content (AvgIpc) is 2.90. The van der Waals surface area contributed by atoms with Crippen LogP contribution in [0.1, 0.15) is 35.4 Å². The minimum absolute atomic E-state index is 0.202. The number of rotatable bonds is 9. The monoisotopic (exact) mass is 458 g/mol. The number of hydrogen-bond acceptors (Lipinski definition) is 5. The summed E-state index contributed by atoms with van der Waals surface area (Å²) in [6, 6.07) is 17.5. The van der Waals surface area contributed by atoms with Gasteiger partial charge in [0.15, 0.2) is 0 Å². The van der Waals surface area contributed by atoms with E-state index in [0.29, 0.717) is 24.5 Å². The molecule has 0 saturated carbocycles. The zero-order valence-electron chi connectivity index (χ0n) is 20.2. The molecule has 0 aliphatic carbocycles. The first-order chi connectivity index (χ1) is 16.7. The molecule has 0 radical (unpaired) electrons. The molecule has 1 aromatic heterocycles. The number of pyridine rings is 1. The quantitative estimate of drug-likeness (QED) is 0.244. The molecule has 3 saturated heterocycles. The Bertz CT molecular complexity index is 1150. The van der Waals surface area contributed by atoms with E-state index < -0.39 is 0 Å². The Hall–Kier alpha value is -2.73. The molecule has 4 heterocycles. The molecule has 3 aromatic rings. The number of fused-ring (bicyclic) bond motifs is 4. The SMILES string of the molecule is C=C[C@H]1CN2CC[C@H]1C[C@H]2[C@@H](c1ccccc1COCOC)c1ccnc2ccc(OC)cc12. The van der Waals surface area contributed by atoms with Crippen LogP contribution in [-0.4, -0.2) is 50.0 Å². The highest BCUT2D eigenvalue weighted by molar-refractivity contribution is 5.84. The Morgan fingerprint density at radius 2 is 2.03 bits per heavy atom. The zero-order chi connectivity index (χ0) is 23.5. The van der Waals surface area contributed by atoms with Crippen molar-refractivity contribution < 1.29 is 14.2 Å². The lowest BCUT2D eigenvalue weighted by atomic mass is 9.69. The summed E-state index contributed by atoms with van der Waals surface area (Å²) in [5, 5.41) is 1.15. The number of piperidine rings is 3. The maximum atomic E-state index is 5.82. The molecule has 1 unspecified atom stereocenters. The molecule has 3 aliphatic heterocycles. The second-order valence-electron chi connectivity index (χ2n) is 9.46. The molecular weight excluding hydrogens is 424 g/mol. The molecule has 0 amide bonds. The van der Waals surface area contributed by atoms with E-state index in [1.165, 1.54) is 29.5 Å². The van der Waals surface area contributed by atoms with Crippen molar-refractivity contribution in [2.75, 3.05) is 34.1 Å². The van der Waals surface area contributed by atoms with Gasteiger partial charge in [0.2, 0.25) is 0 Å². The van der Waals surface area contributed by atoms with Gasteiger partial charge in [0, 0.05) is 37.2 Å². The summed E-state index contributed by atoms with van der Waals surface area (Å²) in [6.07, 6.45) is 6.54. The molecule has 2 bridgehead atoms. The molecule has 3 fully saturated rings. The fourth-order valence-corrected chi connectivity index (χ4v) is 6.05. The van der Waals surface area contributed by atoms with Crippen molar-refractivity contribution in [1.29, 1.82) is 0 Å². The van der Waals surface area contributed by atoms with E-state index in [-0.39, 0.29) is 12.7 Å². The average molecular weight is 459 g/mol. The topological polar surface area (TPSA) is 43.8 Å². The minimum atomic E-state index is 0.202. The van der Waals surface area contributed by atoms with Gasteiger partial charge in [-0.05, 0) is 72.2 Å². The lowest BCUT2D eigenvalue weighted by Gasteiger charge is -2.52. The summed E-state index contributed by atoms with van der Waals surface area (Å²) in [4.78, 5) is 7.36. The van der Waals surface area contributed by atoms with Gasteiger partial charge in [-0.1, -0.05) is 30.3 Å². The molecule has 5 nitrogen and oxygen atoms in total. The fraction of sp³-hybridized carbons (Fsp3) is 0.414. The van der Waals surface area contributed by atoms with Gasteiger partial charge < -0.3 is 14.2 Å². The van der Waals surface area contributed by atoms with Gasteiger partial charge in [0.05, 0.1) is 19.2 Å². The number of benzene rings is 2. The molecule has 5 heteroatoms. The van der Waals surface area contributed by atoms with Crippen LogP contribution in [0, 0.1) is 11.8 Å². The molecular formula is C29H34N2O3. The van der Waals surface area contributed by atoms with Crippen LogP contribution in [0.15, 0.2) is 67.4 Å². The lowest BCUT2D eigenvalue weighted by Crippen LogP contribution is -2.55. The zero-order valence-corrected chi connectivity index (χ0v) is 20.2. The summed E-state index contributed by atoms with van der Waals surface area (Å²) in [6.45, 7) is 7.17. The van der Waals surface area contributed by atoms with E-state index in [1.54, 1.807) is 14.2 Å². The standard InChI is InChI=1S/C29H34N2O3/c1-4-20-17-31-14-12-21(20)15-28(31)29(24-8-6-5-7-22(24)18-34-19-32-2)25-11-13-30-27-10-9-23(33-3)16-26(25)27/h4-11,13,16,20-21,28-29H,1,12,14-15,17-19H2,2-3H3/t20-,21-,28-,29-/m0/s1. The van der Waals surface area contributed by atoms with Crippen LogP contribution in [0.25, 0.3) is 10.9 Å². The van der Waals surface area contributed by atoms with Crippen LogP contribution in [0.5, 0.6) is 5.75 Å². The second-order valence-corrected chi connectivity index (χ2v) is 9.46. The summed E-state index contributed by atoms with van der Waals surface area (Å²) in [5.74, 6) is 2.33. The first-order valence-corrected chi connectivity index (χ1v) is 12.2. The van der Waals surface area contributed by atoms with E-state index in [0.717, 1.165) is 29.7 Å². The Kier molecular flexibility index (Phi) is 6.95. The third-order valence-electron chi connectivity index (χ3n) is 7.71. The number of methoxy groups -OCH3 is 2. The molecule has 0 N–H and O–H groups in total. The Morgan fingerprint density at radius 1 is 1.15 bits per heavy atom. The van der Waals surface area contributed by atoms with Crippen LogP contribution < -0.4 is 4.74 Å². The summed E-state index contributed by atoms with van der Waals surface area (Å²) < 4.78 is 16.6. The highest BCUT2D eigenvalue weighted by Crippen LogP contribution is 2.46. The highest BCUT2D eigenvalue weighted by atomic mass is 16.7. The van der Waals surface area contributed by atoms with Gasteiger partial charge in [-0.3, -0.25) is 9.88 Å².